The van der Waals surface area contributed by atoms with Gasteiger partial charge in [0.25, 0.3) is 0 Å². The number of rotatable bonds is 8. The van der Waals surface area contributed by atoms with E-state index in [4.69, 9.17) is 9.99 Å². The Morgan fingerprint density at radius 3 is 2.94 bits per heavy atom. The van der Waals surface area contributed by atoms with Gasteiger partial charge in [-0.15, -0.1) is 11.3 Å². The number of aliphatic hydroxyl groups excluding tert-OH is 1. The number of hydrogen-bond acceptors (Lipinski definition) is 10. The lowest BCUT2D eigenvalue weighted by Gasteiger charge is -2.34. The summed E-state index contributed by atoms with van der Waals surface area (Å²) in [7, 11) is 0. The van der Waals surface area contributed by atoms with Gasteiger partial charge < -0.3 is 20.1 Å². The van der Waals surface area contributed by atoms with Gasteiger partial charge in [0.1, 0.15) is 35.4 Å². The van der Waals surface area contributed by atoms with Crippen molar-refractivity contribution < 1.29 is 24.8 Å². The number of nitrogens with one attached hydrogen (secondary N) is 1. The summed E-state index contributed by atoms with van der Waals surface area (Å²) in [5.74, 6) is 0.564. The van der Waals surface area contributed by atoms with Crippen molar-refractivity contribution >= 4 is 33.3 Å². The van der Waals surface area contributed by atoms with Crippen molar-refractivity contribution in [2.45, 2.75) is 31.9 Å². The molecule has 1 unspecified atom stereocenters. The highest BCUT2D eigenvalue weighted by molar-refractivity contribution is 7.17. The van der Waals surface area contributed by atoms with E-state index in [0.717, 1.165) is 42.0 Å². The van der Waals surface area contributed by atoms with Crippen molar-refractivity contribution in [3.8, 4) is 5.75 Å². The Morgan fingerprint density at radius 1 is 1.34 bits per heavy atom. The molecule has 32 heavy (non-hydrogen) atoms. The number of aromatic nitrogens is 2. The highest BCUT2D eigenvalue weighted by Gasteiger charge is 2.23. The lowest BCUT2D eigenvalue weighted by Crippen LogP contribution is -2.45. The molecule has 0 spiro atoms. The maximum Gasteiger partial charge on any atom is 0.372 e. The minimum atomic E-state index is -0.860. The van der Waals surface area contributed by atoms with Crippen molar-refractivity contribution in [1.29, 1.82) is 0 Å². The van der Waals surface area contributed by atoms with E-state index in [-0.39, 0.29) is 12.2 Å². The Bertz CT molecular complexity index is 1070. The number of hydrogen-bond donors (Lipinski definition) is 3. The standard InChI is InChI=1S/C22H26N4O5S/c1-14-12-32-21-19(14)20(24-13-25-21)26-7-5-16(6-8-26)23-10-17(27)11-30-18-4-2-3-15(9-18)22(28)31-29/h2-4,9,12-13,16-17,23,27,29H,5-8,10-11H2,1H3. The molecule has 0 saturated carbocycles. The summed E-state index contributed by atoms with van der Waals surface area (Å²) in [6.07, 6.45) is 2.84. The topological polar surface area (TPSA) is 117 Å². The van der Waals surface area contributed by atoms with Crippen LogP contribution in [0.1, 0.15) is 28.8 Å². The lowest BCUT2D eigenvalue weighted by molar-refractivity contribution is -0.182. The third-order valence-corrected chi connectivity index (χ3v) is 6.57. The number of carbonyl (C=O) groups is 1. The fraction of sp³-hybridized carbons (Fsp3) is 0.409. The predicted octanol–water partition coefficient (Wildman–Crippen LogP) is 2.63. The minimum absolute atomic E-state index is 0.0832. The molecular formula is C22H26N4O5S. The van der Waals surface area contributed by atoms with Gasteiger partial charge in [0.15, 0.2) is 0 Å². The summed E-state index contributed by atoms with van der Waals surface area (Å²) in [6.45, 7) is 4.36. The Kier molecular flexibility index (Phi) is 7.15. The second kappa shape index (κ2) is 10.2. The largest absolute Gasteiger partial charge is 0.491 e. The minimum Gasteiger partial charge on any atom is -0.491 e. The number of ether oxygens (including phenoxy) is 1. The maximum atomic E-state index is 11.4. The number of thiophene rings is 1. The molecule has 2 aromatic heterocycles. The fourth-order valence-electron chi connectivity index (χ4n) is 3.85. The second-order valence-corrected chi connectivity index (χ2v) is 8.70. The summed E-state index contributed by atoms with van der Waals surface area (Å²) in [4.78, 5) is 27.3. The number of carbonyl (C=O) groups excluding carboxylic acids is 1. The number of nitrogens with zero attached hydrogens (tertiary/aromatic N) is 3. The van der Waals surface area contributed by atoms with Crippen LogP contribution in [0.25, 0.3) is 10.2 Å². The summed E-state index contributed by atoms with van der Waals surface area (Å²) < 4.78 is 5.56. The first-order valence-electron chi connectivity index (χ1n) is 10.5. The normalized spacial score (nSPS) is 15.7. The van der Waals surface area contributed by atoms with E-state index in [1.54, 1.807) is 29.8 Å². The molecule has 170 valence electrons. The molecule has 1 atom stereocenters. The molecule has 3 heterocycles. The van der Waals surface area contributed by atoms with Crippen LogP contribution >= 0.6 is 11.3 Å². The predicted molar refractivity (Wildman–Crippen MR) is 121 cm³/mol. The molecule has 0 amide bonds. The number of aryl methyl sites for hydroxylation is 1. The number of anilines is 1. The molecule has 1 aromatic carbocycles. The molecule has 1 aliphatic rings. The third-order valence-electron chi connectivity index (χ3n) is 5.57. The van der Waals surface area contributed by atoms with Gasteiger partial charge in [-0.3, -0.25) is 4.89 Å². The van der Waals surface area contributed by atoms with Crippen molar-refractivity contribution in [2.24, 2.45) is 0 Å². The van der Waals surface area contributed by atoms with E-state index < -0.39 is 12.1 Å². The monoisotopic (exact) mass is 458 g/mol. The van der Waals surface area contributed by atoms with Gasteiger partial charge in [0.05, 0.1) is 10.9 Å². The molecule has 9 nitrogen and oxygen atoms in total. The molecular weight excluding hydrogens is 432 g/mol. The van der Waals surface area contributed by atoms with Crippen LogP contribution in [0.2, 0.25) is 0 Å². The summed E-state index contributed by atoms with van der Waals surface area (Å²) in [6, 6.07) is 6.55. The van der Waals surface area contributed by atoms with Crippen LogP contribution in [0, 0.1) is 6.92 Å². The van der Waals surface area contributed by atoms with Gasteiger partial charge >= 0.3 is 5.97 Å². The van der Waals surface area contributed by atoms with Crippen molar-refractivity contribution in [3.63, 3.8) is 0 Å². The number of piperidine rings is 1. The second-order valence-electron chi connectivity index (χ2n) is 7.84. The Morgan fingerprint density at radius 2 is 2.16 bits per heavy atom. The van der Waals surface area contributed by atoms with Crippen LogP contribution in [0.15, 0.2) is 36.0 Å². The van der Waals surface area contributed by atoms with Crippen LogP contribution < -0.4 is 15.0 Å². The average Bonchev–Trinajstić information content (AvgIpc) is 3.22. The molecule has 3 aromatic rings. The SMILES string of the molecule is Cc1csc2ncnc(N3CCC(NCC(O)COc4cccc(C(=O)OO)c4)CC3)c12. The van der Waals surface area contributed by atoms with Crippen LogP contribution in [-0.2, 0) is 4.89 Å². The van der Waals surface area contributed by atoms with Gasteiger partial charge in [-0.05, 0) is 48.9 Å². The molecule has 0 aliphatic carbocycles. The van der Waals surface area contributed by atoms with Gasteiger partial charge in [-0.2, -0.15) is 5.26 Å². The Balaban J connectivity index is 1.23. The maximum absolute atomic E-state index is 11.4. The fourth-order valence-corrected chi connectivity index (χ4v) is 4.74. The van der Waals surface area contributed by atoms with Gasteiger partial charge in [0, 0.05) is 25.7 Å². The van der Waals surface area contributed by atoms with Crippen LogP contribution in [-0.4, -0.2) is 64.7 Å². The van der Waals surface area contributed by atoms with Crippen LogP contribution in [0.4, 0.5) is 5.82 Å². The molecule has 1 aliphatic heterocycles. The smallest absolute Gasteiger partial charge is 0.372 e. The molecule has 3 N–H and O–H groups in total. The first kappa shape index (κ1) is 22.4. The van der Waals surface area contributed by atoms with Gasteiger partial charge in [0.2, 0.25) is 0 Å². The van der Waals surface area contributed by atoms with Gasteiger partial charge in [-0.1, -0.05) is 6.07 Å². The summed E-state index contributed by atoms with van der Waals surface area (Å²) in [5.41, 5.74) is 1.38. The van der Waals surface area contributed by atoms with Crippen molar-refractivity contribution in [1.82, 2.24) is 15.3 Å². The van der Waals surface area contributed by atoms with E-state index in [9.17, 15) is 9.90 Å². The molecule has 0 radical (unpaired) electrons. The van der Waals surface area contributed by atoms with Crippen LogP contribution in [0.5, 0.6) is 5.75 Å². The van der Waals surface area contributed by atoms with E-state index in [2.05, 4.69) is 37.4 Å². The molecule has 10 heteroatoms. The number of benzene rings is 1. The van der Waals surface area contributed by atoms with Crippen LogP contribution in [0.3, 0.4) is 0 Å². The quantitative estimate of drug-likeness (QED) is 0.346. The van der Waals surface area contributed by atoms with E-state index in [0.29, 0.717) is 18.3 Å². The first-order chi connectivity index (χ1) is 15.5. The zero-order valence-electron chi connectivity index (χ0n) is 17.7. The Labute approximate surface area is 189 Å². The summed E-state index contributed by atoms with van der Waals surface area (Å²) in [5, 5.41) is 25.4. The molecule has 4 rings (SSSR count). The first-order valence-corrected chi connectivity index (χ1v) is 11.4. The molecule has 1 saturated heterocycles. The van der Waals surface area contributed by atoms with Crippen molar-refractivity contribution in [2.75, 3.05) is 31.1 Å². The number of aliphatic hydroxyl groups is 1. The number of fused-ring (bicyclic) bond motifs is 1. The molecule has 0 bridgehead atoms. The third kappa shape index (κ3) is 5.16. The van der Waals surface area contributed by atoms with Crippen molar-refractivity contribution in [3.05, 3.63) is 47.1 Å². The summed E-state index contributed by atoms with van der Waals surface area (Å²) >= 11 is 1.65. The Hall–Kier alpha value is -2.79. The van der Waals surface area contributed by atoms with Gasteiger partial charge in [-0.25, -0.2) is 14.8 Å². The highest BCUT2D eigenvalue weighted by Crippen LogP contribution is 2.32. The average molecular weight is 459 g/mol. The highest BCUT2D eigenvalue weighted by atomic mass is 32.1. The lowest BCUT2D eigenvalue weighted by atomic mass is 10.0. The van der Waals surface area contributed by atoms with E-state index in [1.165, 1.54) is 17.7 Å². The molecule has 1 fully saturated rings. The van der Waals surface area contributed by atoms with E-state index >= 15 is 0 Å². The van der Waals surface area contributed by atoms with E-state index in [1.807, 2.05) is 0 Å². The zero-order chi connectivity index (χ0) is 22.5. The zero-order valence-corrected chi connectivity index (χ0v) is 18.5.